The molecule has 27 heavy (non-hydrogen) atoms. The van der Waals surface area contributed by atoms with E-state index in [0.29, 0.717) is 23.5 Å². The van der Waals surface area contributed by atoms with E-state index in [1.165, 1.54) is 36.0 Å². The molecule has 0 spiro atoms. The first-order chi connectivity index (χ1) is 12.6. The molecule has 0 bridgehead atoms. The van der Waals surface area contributed by atoms with Crippen molar-refractivity contribution < 1.29 is 4.42 Å². The topological polar surface area (TPSA) is 72.0 Å². The van der Waals surface area contributed by atoms with Gasteiger partial charge in [0, 0.05) is 6.04 Å². The van der Waals surface area contributed by atoms with Gasteiger partial charge in [-0.05, 0) is 89.9 Å². The monoisotopic (exact) mass is 368 g/mol. The van der Waals surface area contributed by atoms with Crippen LogP contribution < -0.4 is 11.5 Å². The highest BCUT2D eigenvalue weighted by Crippen LogP contribution is 2.67. The molecule has 4 heteroatoms. The summed E-state index contributed by atoms with van der Waals surface area (Å²) in [5.74, 6) is 0.903. The number of oxazole rings is 1. The normalized spacial score (nSPS) is 39.9. The Kier molecular flexibility index (Phi) is 3.30. The van der Waals surface area contributed by atoms with Crippen LogP contribution in [0.1, 0.15) is 70.1 Å². The minimum Gasteiger partial charge on any atom is -0.408 e. The maximum atomic E-state index is 11.9. The van der Waals surface area contributed by atoms with E-state index >= 15 is 0 Å². The van der Waals surface area contributed by atoms with Crippen LogP contribution in [-0.4, -0.2) is 11.0 Å². The van der Waals surface area contributed by atoms with Crippen LogP contribution in [-0.2, 0) is 11.8 Å². The van der Waals surface area contributed by atoms with Gasteiger partial charge in [-0.1, -0.05) is 27.7 Å². The summed E-state index contributed by atoms with van der Waals surface area (Å²) >= 11 is 0. The molecule has 0 aliphatic heterocycles. The maximum Gasteiger partial charge on any atom is 0.417 e. The molecule has 0 saturated heterocycles. The quantitative estimate of drug-likeness (QED) is 0.723. The molecule has 146 valence electrons. The van der Waals surface area contributed by atoms with Gasteiger partial charge in [0.25, 0.3) is 0 Å². The van der Waals surface area contributed by atoms with Crippen molar-refractivity contribution in [2.24, 2.45) is 28.4 Å². The molecule has 2 aromatic rings. The third kappa shape index (κ3) is 2.00. The molecule has 3 aliphatic rings. The summed E-state index contributed by atoms with van der Waals surface area (Å²) in [5, 5.41) is 0. The lowest BCUT2D eigenvalue weighted by molar-refractivity contribution is -0.107. The number of rotatable bonds is 0. The second-order valence-electron chi connectivity index (χ2n) is 10.7. The fraction of sp³-hybridized carbons (Fsp3) is 0.696. The summed E-state index contributed by atoms with van der Waals surface area (Å²) in [7, 11) is 0. The standard InChI is InChI=1S/C23H32N2O2/c1-12-10-14-19(25-20(26)27-14)13-11-16-22(4)9-7-17(24)21(2,3)15(22)6-8-23(16,5)18(12)13/h10,15-17H,6-9,11,24H2,1-5H3,(H,25,26). The van der Waals surface area contributed by atoms with Crippen LogP contribution in [0.3, 0.4) is 0 Å². The van der Waals surface area contributed by atoms with E-state index in [1.807, 2.05) is 0 Å². The number of aryl methyl sites for hydroxylation is 1. The third-order valence-corrected chi connectivity index (χ3v) is 9.16. The average molecular weight is 369 g/mol. The van der Waals surface area contributed by atoms with Crippen LogP contribution in [0.5, 0.6) is 0 Å². The second kappa shape index (κ2) is 5.08. The summed E-state index contributed by atoms with van der Waals surface area (Å²) in [6.07, 6.45) is 5.80. The number of hydrogen-bond acceptors (Lipinski definition) is 3. The Balaban J connectivity index is 1.70. The molecule has 5 rings (SSSR count). The Morgan fingerprint density at radius 2 is 1.89 bits per heavy atom. The summed E-state index contributed by atoms with van der Waals surface area (Å²) in [5.41, 5.74) is 12.9. The Labute approximate surface area is 160 Å². The van der Waals surface area contributed by atoms with Crippen molar-refractivity contribution >= 4 is 11.1 Å². The van der Waals surface area contributed by atoms with Crippen molar-refractivity contribution in [3.8, 4) is 0 Å². The van der Waals surface area contributed by atoms with E-state index in [4.69, 9.17) is 10.2 Å². The number of benzene rings is 1. The smallest absolute Gasteiger partial charge is 0.408 e. The van der Waals surface area contributed by atoms with Crippen LogP contribution in [0.4, 0.5) is 0 Å². The van der Waals surface area contributed by atoms with Gasteiger partial charge in [-0.3, -0.25) is 4.98 Å². The second-order valence-corrected chi connectivity index (χ2v) is 10.7. The van der Waals surface area contributed by atoms with E-state index in [0.717, 1.165) is 18.4 Å². The van der Waals surface area contributed by atoms with Gasteiger partial charge in [0.1, 0.15) is 0 Å². The van der Waals surface area contributed by atoms with Crippen LogP contribution >= 0.6 is 0 Å². The predicted molar refractivity (Wildman–Crippen MR) is 108 cm³/mol. The van der Waals surface area contributed by atoms with Gasteiger partial charge in [0.2, 0.25) is 0 Å². The van der Waals surface area contributed by atoms with Crippen LogP contribution in [0.2, 0.25) is 0 Å². The fourth-order valence-corrected chi connectivity index (χ4v) is 7.84. The Morgan fingerprint density at radius 1 is 1.15 bits per heavy atom. The number of fused-ring (bicyclic) bond motifs is 7. The summed E-state index contributed by atoms with van der Waals surface area (Å²) in [4.78, 5) is 14.8. The van der Waals surface area contributed by atoms with Crippen LogP contribution in [0.25, 0.3) is 11.1 Å². The first-order valence-electron chi connectivity index (χ1n) is 10.5. The first kappa shape index (κ1) is 17.5. The molecule has 0 radical (unpaired) electrons. The van der Waals surface area contributed by atoms with Gasteiger partial charge in [0.15, 0.2) is 5.58 Å². The highest BCUT2D eigenvalue weighted by molar-refractivity contribution is 5.81. The third-order valence-electron chi connectivity index (χ3n) is 9.16. The molecule has 1 heterocycles. The molecule has 0 amide bonds. The number of nitrogens with two attached hydrogens (primary N) is 1. The molecular formula is C23H32N2O2. The van der Waals surface area contributed by atoms with Crippen molar-refractivity contribution in [2.75, 3.05) is 0 Å². The summed E-state index contributed by atoms with van der Waals surface area (Å²) in [6, 6.07) is 2.36. The SMILES string of the molecule is Cc1cc2oc(=O)[nH]c2c2c1C1(C)CCC3C(C)(C)C(N)CCC3(C)C1C2. The zero-order chi connectivity index (χ0) is 19.4. The molecule has 5 unspecified atom stereocenters. The zero-order valence-electron chi connectivity index (χ0n) is 17.2. The fourth-order valence-electron chi connectivity index (χ4n) is 7.84. The highest BCUT2D eigenvalue weighted by Gasteiger charge is 2.62. The number of H-pyrrole nitrogens is 1. The van der Waals surface area contributed by atoms with Crippen molar-refractivity contribution in [1.29, 1.82) is 0 Å². The Morgan fingerprint density at radius 3 is 2.63 bits per heavy atom. The first-order valence-corrected chi connectivity index (χ1v) is 10.5. The van der Waals surface area contributed by atoms with Crippen molar-refractivity contribution in [2.45, 2.75) is 78.2 Å². The van der Waals surface area contributed by atoms with E-state index in [9.17, 15) is 4.79 Å². The Bertz CT molecular complexity index is 1000. The summed E-state index contributed by atoms with van der Waals surface area (Å²) < 4.78 is 5.41. The van der Waals surface area contributed by atoms with Gasteiger partial charge in [-0.15, -0.1) is 0 Å². The lowest BCUT2D eigenvalue weighted by Crippen LogP contribution is -2.60. The zero-order valence-corrected chi connectivity index (χ0v) is 17.2. The van der Waals surface area contributed by atoms with E-state index in [2.05, 4.69) is 45.7 Å². The van der Waals surface area contributed by atoms with E-state index < -0.39 is 0 Å². The molecule has 1 aromatic carbocycles. The molecular weight excluding hydrogens is 336 g/mol. The average Bonchev–Trinajstić information content (AvgIpc) is 3.09. The molecule has 4 nitrogen and oxygen atoms in total. The molecule has 1 aromatic heterocycles. The van der Waals surface area contributed by atoms with Crippen molar-refractivity contribution in [1.82, 2.24) is 4.98 Å². The van der Waals surface area contributed by atoms with Gasteiger partial charge < -0.3 is 10.2 Å². The van der Waals surface area contributed by atoms with Crippen LogP contribution in [0.15, 0.2) is 15.3 Å². The minimum atomic E-state index is -0.341. The molecule has 3 N–H and O–H groups in total. The summed E-state index contributed by atoms with van der Waals surface area (Å²) in [6.45, 7) is 12.0. The molecule has 5 atom stereocenters. The molecule has 2 fully saturated rings. The maximum absolute atomic E-state index is 11.9. The highest BCUT2D eigenvalue weighted by atomic mass is 16.4. The van der Waals surface area contributed by atoms with Gasteiger partial charge >= 0.3 is 5.76 Å². The van der Waals surface area contributed by atoms with E-state index in [1.54, 1.807) is 0 Å². The minimum absolute atomic E-state index is 0.171. The molecule has 3 aliphatic carbocycles. The number of aromatic amines is 1. The van der Waals surface area contributed by atoms with Crippen molar-refractivity contribution in [3.63, 3.8) is 0 Å². The lowest BCUT2D eigenvalue weighted by atomic mass is 9.42. The largest absolute Gasteiger partial charge is 0.417 e. The number of hydrogen-bond donors (Lipinski definition) is 2. The lowest BCUT2D eigenvalue weighted by Gasteiger charge is -2.62. The van der Waals surface area contributed by atoms with Gasteiger partial charge in [-0.25, -0.2) is 4.79 Å². The van der Waals surface area contributed by atoms with E-state index in [-0.39, 0.29) is 22.0 Å². The van der Waals surface area contributed by atoms with Crippen molar-refractivity contribution in [3.05, 3.63) is 33.3 Å². The van der Waals surface area contributed by atoms with Gasteiger partial charge in [0.05, 0.1) is 5.52 Å². The molecule has 2 saturated carbocycles. The number of aromatic nitrogens is 1. The Hall–Kier alpha value is -1.55. The predicted octanol–water partition coefficient (Wildman–Crippen LogP) is 4.42. The number of nitrogens with one attached hydrogen (secondary N) is 1. The van der Waals surface area contributed by atoms with Gasteiger partial charge in [-0.2, -0.15) is 0 Å². The van der Waals surface area contributed by atoms with Crippen LogP contribution in [0, 0.1) is 29.6 Å².